The number of hydrogen-bond donors (Lipinski definition) is 0. The molecule has 14 heavy (non-hydrogen) atoms. The van der Waals surface area contributed by atoms with Gasteiger partial charge >= 0.3 is 0 Å². The first-order valence-corrected chi connectivity index (χ1v) is 4.78. The highest BCUT2D eigenvalue weighted by Crippen LogP contribution is 2.11. The predicted octanol–water partition coefficient (Wildman–Crippen LogP) is 2.84. The zero-order valence-corrected chi connectivity index (χ0v) is 8.46. The van der Waals surface area contributed by atoms with Crippen molar-refractivity contribution in [2.24, 2.45) is 5.92 Å². The van der Waals surface area contributed by atoms with Crippen LogP contribution in [0.3, 0.4) is 0 Å². The van der Waals surface area contributed by atoms with E-state index in [9.17, 15) is 9.18 Å². The zero-order chi connectivity index (χ0) is 10.6. The molecule has 1 rings (SSSR count). The van der Waals surface area contributed by atoms with Crippen LogP contribution in [0.5, 0.6) is 0 Å². The summed E-state index contributed by atoms with van der Waals surface area (Å²) in [5, 5.41) is 0. The molecule has 0 aliphatic heterocycles. The molecular weight excluding hydrogens is 181 g/mol. The summed E-state index contributed by atoms with van der Waals surface area (Å²) in [7, 11) is 0. The lowest BCUT2D eigenvalue weighted by molar-refractivity contribution is 0.0958. The maximum absolute atomic E-state index is 12.5. The van der Waals surface area contributed by atoms with Crippen LogP contribution >= 0.6 is 0 Å². The Labute approximate surface area is 83.2 Å². The molecule has 0 bridgehead atoms. The lowest BCUT2D eigenvalue weighted by Gasteiger charge is -2.05. The molecule has 0 radical (unpaired) electrons. The quantitative estimate of drug-likeness (QED) is 0.691. The third-order valence-electron chi connectivity index (χ3n) is 2.24. The van der Waals surface area contributed by atoms with Crippen molar-refractivity contribution in [1.82, 2.24) is 4.98 Å². The first kappa shape index (κ1) is 10.8. The van der Waals surface area contributed by atoms with E-state index in [-0.39, 0.29) is 5.78 Å². The van der Waals surface area contributed by atoms with E-state index in [0.717, 1.165) is 12.6 Å². The normalized spacial score (nSPS) is 12.5. The van der Waals surface area contributed by atoms with Gasteiger partial charge in [0.05, 0.1) is 6.20 Å². The molecule has 3 heteroatoms. The molecule has 0 aromatic carbocycles. The van der Waals surface area contributed by atoms with Crippen LogP contribution < -0.4 is 0 Å². The molecule has 0 fully saturated rings. The van der Waals surface area contributed by atoms with Gasteiger partial charge in [0.2, 0.25) is 0 Å². The van der Waals surface area contributed by atoms with Gasteiger partial charge < -0.3 is 0 Å². The van der Waals surface area contributed by atoms with E-state index >= 15 is 0 Å². The number of rotatable bonds is 4. The predicted molar refractivity (Wildman–Crippen MR) is 52.6 cm³/mol. The van der Waals surface area contributed by atoms with Crippen molar-refractivity contribution in [2.45, 2.75) is 26.7 Å². The molecule has 0 amide bonds. The third-order valence-corrected chi connectivity index (χ3v) is 2.24. The summed E-state index contributed by atoms with van der Waals surface area (Å²) >= 11 is 0. The molecule has 0 aliphatic carbocycles. The molecular formula is C11H14FNO. The molecule has 1 aromatic heterocycles. The first-order valence-electron chi connectivity index (χ1n) is 4.78. The van der Waals surface area contributed by atoms with E-state index in [0.29, 0.717) is 18.0 Å². The Kier molecular flexibility index (Phi) is 3.74. The van der Waals surface area contributed by atoms with E-state index in [1.807, 2.05) is 13.8 Å². The van der Waals surface area contributed by atoms with Crippen molar-refractivity contribution in [3.8, 4) is 0 Å². The van der Waals surface area contributed by atoms with Crippen molar-refractivity contribution in [3.63, 3.8) is 0 Å². The molecule has 0 saturated carbocycles. The minimum atomic E-state index is -0.412. The third kappa shape index (κ3) is 2.91. The van der Waals surface area contributed by atoms with Gasteiger partial charge in [-0.3, -0.25) is 9.78 Å². The largest absolute Gasteiger partial charge is 0.292 e. The van der Waals surface area contributed by atoms with E-state index < -0.39 is 5.82 Å². The van der Waals surface area contributed by atoms with Gasteiger partial charge in [-0.05, 0) is 18.1 Å². The van der Waals surface area contributed by atoms with E-state index in [1.54, 1.807) is 0 Å². The fraction of sp³-hybridized carbons (Fsp3) is 0.455. The van der Waals surface area contributed by atoms with Crippen molar-refractivity contribution in [2.75, 3.05) is 0 Å². The number of nitrogens with zero attached hydrogens (tertiary/aromatic N) is 1. The van der Waals surface area contributed by atoms with Gasteiger partial charge in [0, 0.05) is 6.42 Å². The summed E-state index contributed by atoms with van der Waals surface area (Å²) in [4.78, 5) is 15.3. The van der Waals surface area contributed by atoms with Gasteiger partial charge in [-0.25, -0.2) is 4.39 Å². The Bertz CT molecular complexity index is 308. The maximum atomic E-state index is 12.5. The average Bonchev–Trinajstić information content (AvgIpc) is 2.18. The van der Waals surface area contributed by atoms with Gasteiger partial charge in [-0.2, -0.15) is 0 Å². The van der Waals surface area contributed by atoms with Crippen LogP contribution in [0.1, 0.15) is 37.2 Å². The van der Waals surface area contributed by atoms with Gasteiger partial charge in [-0.15, -0.1) is 0 Å². The summed E-state index contributed by atoms with van der Waals surface area (Å²) in [5.41, 5.74) is 0.353. The van der Waals surface area contributed by atoms with Gasteiger partial charge in [0.1, 0.15) is 11.5 Å². The standard InChI is InChI=1S/C11H14FNO/c1-3-8(2)6-11(14)10-5-4-9(12)7-13-10/h4-5,7-8H,3,6H2,1-2H3. The van der Waals surface area contributed by atoms with Crippen LogP contribution in [0.15, 0.2) is 18.3 Å². The summed E-state index contributed by atoms with van der Waals surface area (Å²) < 4.78 is 12.5. The van der Waals surface area contributed by atoms with E-state index in [2.05, 4.69) is 4.98 Å². The number of carbonyl (C=O) groups is 1. The van der Waals surface area contributed by atoms with E-state index in [1.165, 1.54) is 12.1 Å². The van der Waals surface area contributed by atoms with Gasteiger partial charge in [0.15, 0.2) is 5.78 Å². The average molecular weight is 195 g/mol. The summed E-state index contributed by atoms with van der Waals surface area (Å²) in [6.07, 6.45) is 2.52. The van der Waals surface area contributed by atoms with Crippen LogP contribution in [0.25, 0.3) is 0 Å². The molecule has 1 aromatic rings. The highest BCUT2D eigenvalue weighted by Gasteiger charge is 2.10. The number of halogens is 1. The van der Waals surface area contributed by atoms with Crippen molar-refractivity contribution in [1.29, 1.82) is 0 Å². The second-order valence-electron chi connectivity index (χ2n) is 3.50. The lowest BCUT2D eigenvalue weighted by atomic mass is 10.0. The minimum Gasteiger partial charge on any atom is -0.292 e. The molecule has 76 valence electrons. The monoisotopic (exact) mass is 195 g/mol. The minimum absolute atomic E-state index is 0.0145. The Morgan fingerprint density at radius 1 is 1.57 bits per heavy atom. The first-order chi connectivity index (χ1) is 6.63. The van der Waals surface area contributed by atoms with Crippen molar-refractivity contribution < 1.29 is 9.18 Å². The van der Waals surface area contributed by atoms with Crippen molar-refractivity contribution >= 4 is 5.78 Å². The van der Waals surface area contributed by atoms with Crippen LogP contribution in [0.2, 0.25) is 0 Å². The Balaban J connectivity index is 2.65. The molecule has 0 spiro atoms. The Hall–Kier alpha value is -1.25. The van der Waals surface area contributed by atoms with Crippen LogP contribution in [0, 0.1) is 11.7 Å². The van der Waals surface area contributed by atoms with Crippen LogP contribution in [-0.4, -0.2) is 10.8 Å². The number of Topliss-reactive ketones (excluding diaryl/α,β-unsaturated/α-hetero) is 1. The summed E-state index contributed by atoms with van der Waals surface area (Å²) in [6, 6.07) is 2.69. The number of pyridine rings is 1. The topological polar surface area (TPSA) is 30.0 Å². The molecule has 0 N–H and O–H groups in total. The molecule has 1 unspecified atom stereocenters. The molecule has 1 atom stereocenters. The molecule has 0 aliphatic rings. The summed E-state index contributed by atoms with van der Waals surface area (Å²) in [5.74, 6) is -0.0706. The van der Waals surface area contributed by atoms with E-state index in [4.69, 9.17) is 0 Å². The molecule has 2 nitrogen and oxygen atoms in total. The molecule has 1 heterocycles. The van der Waals surface area contributed by atoms with Crippen molar-refractivity contribution in [3.05, 3.63) is 29.8 Å². The number of ketones is 1. The fourth-order valence-electron chi connectivity index (χ4n) is 1.11. The maximum Gasteiger partial charge on any atom is 0.181 e. The van der Waals surface area contributed by atoms with Crippen LogP contribution in [0.4, 0.5) is 4.39 Å². The smallest absolute Gasteiger partial charge is 0.181 e. The lowest BCUT2D eigenvalue weighted by Crippen LogP contribution is -2.07. The van der Waals surface area contributed by atoms with Gasteiger partial charge in [0.25, 0.3) is 0 Å². The second kappa shape index (κ2) is 4.84. The van der Waals surface area contributed by atoms with Crippen LogP contribution in [-0.2, 0) is 0 Å². The van der Waals surface area contributed by atoms with Gasteiger partial charge in [-0.1, -0.05) is 20.3 Å². The molecule has 0 saturated heterocycles. The Morgan fingerprint density at radius 3 is 2.79 bits per heavy atom. The zero-order valence-electron chi connectivity index (χ0n) is 8.46. The second-order valence-corrected chi connectivity index (χ2v) is 3.50. The number of hydrogen-bond acceptors (Lipinski definition) is 2. The Morgan fingerprint density at radius 2 is 2.29 bits per heavy atom. The fourth-order valence-corrected chi connectivity index (χ4v) is 1.11. The number of aromatic nitrogens is 1. The summed E-state index contributed by atoms with van der Waals surface area (Å²) in [6.45, 7) is 4.05. The number of carbonyl (C=O) groups excluding carboxylic acids is 1. The highest BCUT2D eigenvalue weighted by molar-refractivity contribution is 5.94. The highest BCUT2D eigenvalue weighted by atomic mass is 19.1. The SMILES string of the molecule is CCC(C)CC(=O)c1ccc(F)cn1.